The molecule has 0 N–H and O–H groups in total. The number of hydrogen-bond donors (Lipinski definition) is 0. The predicted molar refractivity (Wildman–Crippen MR) is 96.5 cm³/mol. The van der Waals surface area contributed by atoms with Crippen LogP contribution in [-0.4, -0.2) is 39.0 Å². The number of nitro benzene ring substituents is 1. The van der Waals surface area contributed by atoms with Gasteiger partial charge >= 0.3 is 0 Å². The Labute approximate surface area is 157 Å². The summed E-state index contributed by atoms with van der Waals surface area (Å²) >= 11 is 0. The lowest BCUT2D eigenvalue weighted by atomic mass is 10.2. The number of rotatable bonds is 4. The van der Waals surface area contributed by atoms with E-state index in [4.69, 9.17) is 0 Å². The predicted octanol–water partition coefficient (Wildman–Crippen LogP) is 2.44. The van der Waals surface area contributed by atoms with Crippen LogP contribution in [-0.2, 0) is 23.0 Å². The molecule has 1 saturated heterocycles. The van der Waals surface area contributed by atoms with Crippen molar-refractivity contribution in [1.29, 1.82) is 0 Å². The van der Waals surface area contributed by atoms with Crippen molar-refractivity contribution in [2.45, 2.75) is 56.0 Å². The molecule has 2 aliphatic rings. The number of nitro groups is 1. The summed E-state index contributed by atoms with van der Waals surface area (Å²) in [7, 11) is -3.76. The maximum atomic E-state index is 13.2. The van der Waals surface area contributed by atoms with E-state index in [1.54, 1.807) is 0 Å². The molecule has 0 spiro atoms. The third kappa shape index (κ3) is 3.23. The third-order valence-corrected chi connectivity index (χ3v) is 7.22. The lowest BCUT2D eigenvalue weighted by Crippen LogP contribution is -2.32. The van der Waals surface area contributed by atoms with Gasteiger partial charge in [-0.1, -0.05) is 6.42 Å². The average Bonchev–Trinajstić information content (AvgIpc) is 3.23. The van der Waals surface area contributed by atoms with Gasteiger partial charge in [0.1, 0.15) is 5.82 Å². The second-order valence-electron chi connectivity index (χ2n) is 6.96. The molecule has 0 saturated carbocycles. The van der Waals surface area contributed by atoms with Gasteiger partial charge < -0.3 is 4.57 Å². The fourth-order valence-electron chi connectivity index (χ4n) is 3.92. The maximum Gasteiger partial charge on any atom is 0.269 e. The fourth-order valence-corrected chi connectivity index (χ4v) is 5.57. The van der Waals surface area contributed by atoms with Crippen LogP contribution in [0, 0.1) is 10.1 Å². The van der Waals surface area contributed by atoms with Gasteiger partial charge in [-0.15, -0.1) is 10.2 Å². The number of non-ortho nitro benzene ring substituents is 1. The minimum absolute atomic E-state index is 0.0654. The Morgan fingerprint density at radius 1 is 1.04 bits per heavy atom. The zero-order chi connectivity index (χ0) is 19.0. The summed E-state index contributed by atoms with van der Waals surface area (Å²) in [6, 6.07) is 4.70. The molecular weight excluding hydrogens is 370 g/mol. The van der Waals surface area contributed by atoms with Crippen LogP contribution in [0.1, 0.15) is 49.8 Å². The van der Waals surface area contributed by atoms with Crippen molar-refractivity contribution in [3.8, 4) is 0 Å². The number of benzene rings is 1. The highest BCUT2D eigenvalue weighted by molar-refractivity contribution is 7.89. The fraction of sp³-hybridized carbons (Fsp3) is 0.529. The minimum Gasteiger partial charge on any atom is -0.314 e. The second-order valence-corrected chi connectivity index (χ2v) is 8.85. The Bertz CT molecular complexity index is 954. The van der Waals surface area contributed by atoms with E-state index < -0.39 is 14.9 Å². The van der Waals surface area contributed by atoms with Gasteiger partial charge in [0.15, 0.2) is 5.82 Å². The van der Waals surface area contributed by atoms with Crippen LogP contribution in [0.2, 0.25) is 0 Å². The van der Waals surface area contributed by atoms with Crippen molar-refractivity contribution >= 4 is 15.7 Å². The van der Waals surface area contributed by atoms with Gasteiger partial charge in [0.25, 0.3) is 5.69 Å². The number of aromatic nitrogens is 3. The summed E-state index contributed by atoms with van der Waals surface area (Å²) in [6.45, 7) is 1.23. The van der Waals surface area contributed by atoms with E-state index in [0.717, 1.165) is 50.3 Å². The van der Waals surface area contributed by atoms with Crippen molar-refractivity contribution in [3.05, 3.63) is 46.0 Å². The first-order valence-electron chi connectivity index (χ1n) is 9.17. The van der Waals surface area contributed by atoms with E-state index in [1.807, 2.05) is 0 Å². The number of fused-ring (bicyclic) bond motifs is 1. The molecule has 1 atom stereocenters. The van der Waals surface area contributed by atoms with Crippen LogP contribution in [0.3, 0.4) is 0 Å². The van der Waals surface area contributed by atoms with E-state index in [-0.39, 0.29) is 16.6 Å². The first-order chi connectivity index (χ1) is 13.0. The molecule has 27 heavy (non-hydrogen) atoms. The molecule has 2 aliphatic heterocycles. The van der Waals surface area contributed by atoms with Crippen molar-refractivity contribution < 1.29 is 13.3 Å². The highest BCUT2D eigenvalue weighted by atomic mass is 32.2. The third-order valence-electron chi connectivity index (χ3n) is 5.29. The highest BCUT2D eigenvalue weighted by Gasteiger charge is 2.39. The summed E-state index contributed by atoms with van der Waals surface area (Å²) in [4.78, 5) is 10.3. The van der Waals surface area contributed by atoms with Gasteiger partial charge in [0, 0.05) is 31.6 Å². The first-order valence-corrected chi connectivity index (χ1v) is 10.6. The normalized spacial score (nSPS) is 21.0. The van der Waals surface area contributed by atoms with E-state index in [0.29, 0.717) is 13.0 Å². The van der Waals surface area contributed by atoms with Crippen LogP contribution in [0.25, 0.3) is 0 Å². The molecule has 0 bridgehead atoms. The van der Waals surface area contributed by atoms with Crippen molar-refractivity contribution in [2.24, 2.45) is 0 Å². The summed E-state index contributed by atoms with van der Waals surface area (Å²) in [5.41, 5.74) is -0.130. The second kappa shape index (κ2) is 7.01. The Hall–Kier alpha value is -2.33. The summed E-state index contributed by atoms with van der Waals surface area (Å²) < 4.78 is 29.9. The molecule has 3 heterocycles. The molecule has 1 aromatic carbocycles. The van der Waals surface area contributed by atoms with Gasteiger partial charge in [-0.05, 0) is 37.8 Å². The Kier molecular flexibility index (Phi) is 4.68. The van der Waals surface area contributed by atoms with Crippen LogP contribution in [0.4, 0.5) is 5.69 Å². The Morgan fingerprint density at radius 2 is 1.81 bits per heavy atom. The van der Waals surface area contributed by atoms with Crippen molar-refractivity contribution in [2.75, 3.05) is 6.54 Å². The van der Waals surface area contributed by atoms with E-state index in [2.05, 4.69) is 14.8 Å². The van der Waals surface area contributed by atoms with E-state index in [9.17, 15) is 18.5 Å². The molecule has 9 nitrogen and oxygen atoms in total. The van der Waals surface area contributed by atoms with Crippen molar-refractivity contribution in [3.63, 3.8) is 0 Å². The summed E-state index contributed by atoms with van der Waals surface area (Å²) in [5, 5.41) is 19.4. The monoisotopic (exact) mass is 391 g/mol. The molecule has 1 fully saturated rings. The van der Waals surface area contributed by atoms with Crippen LogP contribution in [0.15, 0.2) is 29.2 Å². The number of hydrogen-bond acceptors (Lipinski definition) is 6. The van der Waals surface area contributed by atoms with E-state index >= 15 is 0 Å². The Balaban J connectivity index is 1.67. The molecule has 0 aliphatic carbocycles. The van der Waals surface area contributed by atoms with Crippen LogP contribution >= 0.6 is 0 Å². The molecule has 1 unspecified atom stereocenters. The molecule has 0 amide bonds. The summed E-state index contributed by atoms with van der Waals surface area (Å²) in [5.74, 6) is 1.65. The minimum atomic E-state index is -3.76. The summed E-state index contributed by atoms with van der Waals surface area (Å²) in [6.07, 6.45) is 5.57. The van der Waals surface area contributed by atoms with Gasteiger partial charge in [0.2, 0.25) is 10.0 Å². The quantitative estimate of drug-likeness (QED) is 0.584. The largest absolute Gasteiger partial charge is 0.314 e. The lowest BCUT2D eigenvalue weighted by Gasteiger charge is -2.24. The smallest absolute Gasteiger partial charge is 0.269 e. The number of nitrogens with zero attached hydrogens (tertiary/aromatic N) is 5. The molecule has 1 aromatic heterocycles. The van der Waals surface area contributed by atoms with Gasteiger partial charge in [-0.2, -0.15) is 4.31 Å². The lowest BCUT2D eigenvalue weighted by molar-refractivity contribution is -0.384. The number of aryl methyl sites for hydroxylation is 1. The molecule has 2 aromatic rings. The molecule has 0 radical (unpaired) electrons. The maximum absolute atomic E-state index is 13.2. The van der Waals surface area contributed by atoms with Gasteiger partial charge in [0.05, 0.1) is 15.9 Å². The topological polar surface area (TPSA) is 111 Å². The molecule has 144 valence electrons. The van der Waals surface area contributed by atoms with Crippen molar-refractivity contribution in [1.82, 2.24) is 19.1 Å². The molecular formula is C17H21N5O4S. The van der Waals surface area contributed by atoms with E-state index in [1.165, 1.54) is 28.6 Å². The van der Waals surface area contributed by atoms with Crippen LogP contribution < -0.4 is 0 Å². The van der Waals surface area contributed by atoms with Crippen LogP contribution in [0.5, 0.6) is 0 Å². The Morgan fingerprint density at radius 3 is 2.56 bits per heavy atom. The number of sulfonamides is 1. The molecule has 4 rings (SSSR count). The zero-order valence-electron chi connectivity index (χ0n) is 14.8. The standard InChI is InChI=1S/C17H21N5O4S/c23-22(24)13-7-9-14(10-8-13)27(25,26)21-12-4-5-15(21)17-19-18-16-6-2-1-3-11-20(16)17/h7-10,15H,1-6,11-12H2. The zero-order valence-corrected chi connectivity index (χ0v) is 15.6. The van der Waals surface area contributed by atoms with Gasteiger partial charge in [-0.3, -0.25) is 10.1 Å². The highest BCUT2D eigenvalue weighted by Crippen LogP contribution is 2.36. The van der Waals surface area contributed by atoms with Gasteiger partial charge in [-0.25, -0.2) is 8.42 Å². The average molecular weight is 391 g/mol. The first kappa shape index (κ1) is 18.1. The SMILES string of the molecule is O=[N+]([O-])c1ccc(S(=O)(=O)N2CCCC2c2nnc3n2CCCCC3)cc1. The molecule has 10 heteroatoms.